The predicted octanol–water partition coefficient (Wildman–Crippen LogP) is 2.81. The van der Waals surface area contributed by atoms with Crippen LogP contribution in [0.1, 0.15) is 33.7 Å². The van der Waals surface area contributed by atoms with E-state index in [0.717, 1.165) is 5.56 Å². The summed E-state index contributed by atoms with van der Waals surface area (Å²) < 4.78 is 11.2. The highest BCUT2D eigenvalue weighted by Gasteiger charge is 2.25. The van der Waals surface area contributed by atoms with Gasteiger partial charge >= 0.3 is 5.97 Å². The number of aromatic hydroxyl groups is 2. The van der Waals surface area contributed by atoms with E-state index >= 15 is 0 Å². The maximum atomic E-state index is 13.4. The standard InChI is InChI=1S/C26H23N3O7/c27-16-9-14(10-17(28)26(16)34)25(33)24-15-11-18(30)21(12-20(15)35-19(24)6-7-22(29)31)36-23(32)8-13-4-2-1-3-5-13/h1-5,9-12,30,34H,6-8,27-28H2,(H2,29,31). The number of hydrogen-bond acceptors (Lipinski definition) is 9. The molecule has 1 aromatic heterocycles. The van der Waals surface area contributed by atoms with Gasteiger partial charge in [-0.2, -0.15) is 0 Å². The highest BCUT2D eigenvalue weighted by atomic mass is 16.5. The van der Waals surface area contributed by atoms with Gasteiger partial charge in [0.2, 0.25) is 5.91 Å². The van der Waals surface area contributed by atoms with Crippen molar-refractivity contribution in [1.82, 2.24) is 0 Å². The Morgan fingerprint density at radius 2 is 1.61 bits per heavy atom. The number of nitrogen functional groups attached to an aromatic ring is 2. The van der Waals surface area contributed by atoms with Gasteiger partial charge in [-0.25, -0.2) is 0 Å². The van der Waals surface area contributed by atoms with Crippen LogP contribution in [0.25, 0.3) is 11.0 Å². The molecule has 0 fully saturated rings. The highest BCUT2D eigenvalue weighted by molar-refractivity contribution is 6.18. The van der Waals surface area contributed by atoms with Crippen LogP contribution in [0.4, 0.5) is 11.4 Å². The molecule has 0 radical (unpaired) electrons. The zero-order valence-electron chi connectivity index (χ0n) is 19.0. The minimum atomic E-state index is -0.609. The number of carbonyl (C=O) groups excluding carboxylic acids is 3. The van der Waals surface area contributed by atoms with Gasteiger partial charge in [0.1, 0.15) is 11.3 Å². The number of rotatable bonds is 8. The summed E-state index contributed by atoms with van der Waals surface area (Å²) in [5.41, 5.74) is 17.6. The van der Waals surface area contributed by atoms with E-state index in [-0.39, 0.29) is 70.0 Å². The van der Waals surface area contributed by atoms with Gasteiger partial charge in [0.15, 0.2) is 23.0 Å². The van der Waals surface area contributed by atoms with E-state index in [1.807, 2.05) is 6.07 Å². The van der Waals surface area contributed by atoms with Gasteiger partial charge in [-0.05, 0) is 23.8 Å². The number of aryl methyl sites for hydroxylation is 1. The Balaban J connectivity index is 1.74. The molecule has 10 nitrogen and oxygen atoms in total. The van der Waals surface area contributed by atoms with E-state index in [0.29, 0.717) is 0 Å². The first-order chi connectivity index (χ1) is 17.1. The number of phenols is 2. The summed E-state index contributed by atoms with van der Waals surface area (Å²) in [7, 11) is 0. The minimum absolute atomic E-state index is 0.00196. The molecule has 0 aliphatic carbocycles. The molecule has 4 rings (SSSR count). The van der Waals surface area contributed by atoms with Gasteiger partial charge < -0.3 is 36.6 Å². The fourth-order valence-corrected chi connectivity index (χ4v) is 3.78. The van der Waals surface area contributed by atoms with Crippen LogP contribution in [0.2, 0.25) is 0 Å². The van der Waals surface area contributed by atoms with E-state index in [1.54, 1.807) is 24.3 Å². The van der Waals surface area contributed by atoms with Gasteiger partial charge in [-0.1, -0.05) is 30.3 Å². The minimum Gasteiger partial charge on any atom is -0.504 e. The first-order valence-electron chi connectivity index (χ1n) is 10.9. The van der Waals surface area contributed by atoms with Crippen molar-refractivity contribution in [2.75, 3.05) is 11.5 Å². The summed E-state index contributed by atoms with van der Waals surface area (Å²) in [5.74, 6) is -2.56. The number of benzene rings is 3. The van der Waals surface area contributed by atoms with E-state index in [1.165, 1.54) is 24.3 Å². The number of anilines is 2. The average Bonchev–Trinajstić information content (AvgIpc) is 3.18. The fraction of sp³-hybridized carbons (Fsp3) is 0.115. The van der Waals surface area contributed by atoms with Gasteiger partial charge in [0.05, 0.1) is 23.4 Å². The SMILES string of the molecule is NC(=O)CCc1oc2cc(OC(=O)Cc3ccccc3)c(O)cc2c1C(=O)c1cc(N)c(O)c(N)c1. The first kappa shape index (κ1) is 24.1. The van der Waals surface area contributed by atoms with Crippen LogP contribution in [-0.2, 0) is 22.4 Å². The number of carbonyl (C=O) groups is 3. The topological polar surface area (TPSA) is 192 Å². The first-order valence-corrected chi connectivity index (χ1v) is 10.9. The van der Waals surface area contributed by atoms with E-state index in [4.69, 9.17) is 26.4 Å². The number of nitrogens with two attached hydrogens (primary N) is 3. The number of furan rings is 1. The summed E-state index contributed by atoms with van der Waals surface area (Å²) in [6.07, 6.45) is -0.128. The van der Waals surface area contributed by atoms with Crippen LogP contribution < -0.4 is 21.9 Å². The molecular weight excluding hydrogens is 466 g/mol. The molecular formula is C26H23N3O7. The molecule has 3 aromatic carbocycles. The highest BCUT2D eigenvalue weighted by Crippen LogP contribution is 2.38. The van der Waals surface area contributed by atoms with Crippen LogP contribution in [0.3, 0.4) is 0 Å². The number of primary amides is 1. The lowest BCUT2D eigenvalue weighted by Crippen LogP contribution is -2.12. The quantitative estimate of drug-likeness (QED) is 0.0813. The Morgan fingerprint density at radius 1 is 0.944 bits per heavy atom. The second-order valence-corrected chi connectivity index (χ2v) is 8.15. The molecule has 1 amide bonds. The maximum Gasteiger partial charge on any atom is 0.315 e. The third kappa shape index (κ3) is 4.92. The summed E-state index contributed by atoms with van der Waals surface area (Å²) >= 11 is 0. The molecule has 0 saturated carbocycles. The molecule has 8 N–H and O–H groups in total. The second kappa shape index (κ2) is 9.71. The van der Waals surface area contributed by atoms with Crippen LogP contribution in [0.5, 0.6) is 17.2 Å². The molecule has 1 heterocycles. The molecule has 0 spiro atoms. The molecule has 0 unspecified atom stereocenters. The van der Waals surface area contributed by atoms with Crippen molar-refractivity contribution < 1.29 is 33.8 Å². The van der Waals surface area contributed by atoms with Crippen molar-refractivity contribution in [3.05, 3.63) is 77.0 Å². The zero-order chi connectivity index (χ0) is 26.0. The largest absolute Gasteiger partial charge is 0.504 e. The van der Waals surface area contributed by atoms with Crippen molar-refractivity contribution in [2.24, 2.45) is 5.73 Å². The summed E-state index contributed by atoms with van der Waals surface area (Å²) in [4.78, 5) is 37.2. The molecule has 184 valence electrons. The van der Waals surface area contributed by atoms with Gasteiger partial charge in [0.25, 0.3) is 0 Å². The molecule has 0 bridgehead atoms. The Labute approximate surface area is 204 Å². The smallest absolute Gasteiger partial charge is 0.315 e. The summed E-state index contributed by atoms with van der Waals surface area (Å²) in [5, 5.41) is 20.6. The number of phenolic OH excluding ortho intramolecular Hbond substituents is 2. The van der Waals surface area contributed by atoms with Crippen LogP contribution in [0, 0.1) is 0 Å². The zero-order valence-corrected chi connectivity index (χ0v) is 19.0. The van der Waals surface area contributed by atoms with Crippen molar-refractivity contribution in [3.8, 4) is 17.2 Å². The number of ketones is 1. The Morgan fingerprint density at radius 3 is 2.25 bits per heavy atom. The maximum absolute atomic E-state index is 13.4. The third-order valence-corrected chi connectivity index (χ3v) is 5.51. The Hall–Kier alpha value is -4.99. The Bertz CT molecular complexity index is 1470. The molecule has 36 heavy (non-hydrogen) atoms. The molecule has 0 aliphatic heterocycles. The molecule has 0 saturated heterocycles. The predicted molar refractivity (Wildman–Crippen MR) is 132 cm³/mol. The van der Waals surface area contributed by atoms with Crippen molar-refractivity contribution >= 4 is 40.0 Å². The van der Waals surface area contributed by atoms with Gasteiger partial charge in [-0.3, -0.25) is 14.4 Å². The van der Waals surface area contributed by atoms with Crippen LogP contribution >= 0.6 is 0 Å². The number of fused-ring (bicyclic) bond motifs is 1. The molecule has 0 atom stereocenters. The Kier molecular flexibility index (Phi) is 6.51. The lowest BCUT2D eigenvalue weighted by atomic mass is 9.97. The lowest BCUT2D eigenvalue weighted by Gasteiger charge is -2.08. The van der Waals surface area contributed by atoms with E-state index in [9.17, 15) is 24.6 Å². The summed E-state index contributed by atoms with van der Waals surface area (Å²) in [6.45, 7) is 0. The van der Waals surface area contributed by atoms with Crippen LogP contribution in [0.15, 0.2) is 59.0 Å². The number of amides is 1. The molecule has 4 aromatic rings. The average molecular weight is 489 g/mol. The number of ether oxygens (including phenoxy) is 1. The number of hydrogen-bond donors (Lipinski definition) is 5. The second-order valence-electron chi connectivity index (χ2n) is 8.15. The third-order valence-electron chi connectivity index (χ3n) is 5.51. The monoisotopic (exact) mass is 489 g/mol. The van der Waals surface area contributed by atoms with E-state index < -0.39 is 23.4 Å². The van der Waals surface area contributed by atoms with Crippen molar-refractivity contribution in [2.45, 2.75) is 19.3 Å². The molecule has 10 heteroatoms. The van der Waals surface area contributed by atoms with E-state index in [2.05, 4.69) is 0 Å². The fourth-order valence-electron chi connectivity index (χ4n) is 3.78. The van der Waals surface area contributed by atoms with Gasteiger partial charge in [-0.15, -0.1) is 0 Å². The number of esters is 1. The van der Waals surface area contributed by atoms with Gasteiger partial charge in [0, 0.05) is 29.9 Å². The summed E-state index contributed by atoms with van der Waals surface area (Å²) in [6, 6.07) is 14.0. The van der Waals surface area contributed by atoms with Crippen molar-refractivity contribution in [3.63, 3.8) is 0 Å². The molecule has 0 aliphatic rings. The normalized spacial score (nSPS) is 10.9. The van der Waals surface area contributed by atoms with Crippen LogP contribution in [-0.4, -0.2) is 27.9 Å². The van der Waals surface area contributed by atoms with Crippen molar-refractivity contribution in [1.29, 1.82) is 0 Å². The lowest BCUT2D eigenvalue weighted by molar-refractivity contribution is -0.133.